The summed E-state index contributed by atoms with van der Waals surface area (Å²) in [6, 6.07) is 15.5. The fourth-order valence-corrected chi connectivity index (χ4v) is 2.87. The molecule has 122 valence electrons. The summed E-state index contributed by atoms with van der Waals surface area (Å²) in [5, 5.41) is 0. The number of hydrogen-bond donors (Lipinski definition) is 1. The molecule has 0 aliphatic carbocycles. The third kappa shape index (κ3) is 2.24. The van der Waals surface area contributed by atoms with Gasteiger partial charge in [-0.05, 0) is 11.6 Å². The zero-order valence-corrected chi connectivity index (χ0v) is 13.2. The van der Waals surface area contributed by atoms with Gasteiger partial charge in [-0.15, -0.1) is 5.43 Å². The summed E-state index contributed by atoms with van der Waals surface area (Å²) in [4.78, 5) is 23.2. The topological polar surface area (TPSA) is 55.4 Å². The van der Waals surface area contributed by atoms with Crippen LogP contribution in [-0.2, 0) is 9.53 Å². The van der Waals surface area contributed by atoms with Gasteiger partial charge in [0.05, 0.1) is 23.1 Å². The number of methoxy groups -OCH3 is 1. The molecule has 2 aromatic carbocycles. The molecule has 3 rings (SSSR count). The molecule has 0 bridgehead atoms. The van der Waals surface area contributed by atoms with Crippen molar-refractivity contribution in [1.29, 1.82) is 0 Å². The summed E-state index contributed by atoms with van der Waals surface area (Å²) in [5.74, 6) is -1.78. The Kier molecular flexibility index (Phi) is 4.01. The first-order valence-electron chi connectivity index (χ1n) is 7.35. The molecule has 0 saturated carbocycles. The van der Waals surface area contributed by atoms with Gasteiger partial charge in [-0.1, -0.05) is 48.5 Å². The number of nitrogens with zero attached hydrogens (tertiary/aromatic N) is 1. The number of quaternary nitrogens is 1. The lowest BCUT2D eigenvalue weighted by Crippen LogP contribution is -2.57. The number of halogens is 1. The number of fused-ring (bicyclic) bond motifs is 1. The number of esters is 1. The van der Waals surface area contributed by atoms with Crippen LogP contribution >= 0.6 is 0 Å². The highest BCUT2D eigenvalue weighted by Gasteiger charge is 2.55. The van der Waals surface area contributed by atoms with Crippen molar-refractivity contribution in [2.45, 2.75) is 0 Å². The van der Waals surface area contributed by atoms with Crippen LogP contribution in [0.5, 0.6) is 0 Å². The van der Waals surface area contributed by atoms with Gasteiger partial charge < -0.3 is 4.74 Å². The van der Waals surface area contributed by atoms with E-state index in [1.54, 1.807) is 48.5 Å². The van der Waals surface area contributed by atoms with Crippen molar-refractivity contribution in [2.24, 2.45) is 0 Å². The Morgan fingerprint density at radius 3 is 2.21 bits per heavy atom. The van der Waals surface area contributed by atoms with Crippen LogP contribution in [0, 0.1) is 0 Å². The summed E-state index contributed by atoms with van der Waals surface area (Å²) < 4.78 is 20.3. The first-order valence-corrected chi connectivity index (χ1v) is 7.35. The van der Waals surface area contributed by atoms with E-state index in [0.29, 0.717) is 16.7 Å². The van der Waals surface area contributed by atoms with Crippen LogP contribution in [0.25, 0.3) is 5.57 Å². The Morgan fingerprint density at radius 1 is 1.04 bits per heavy atom. The third-order valence-electron chi connectivity index (χ3n) is 4.00. The Bertz CT molecular complexity index is 848. The average Bonchev–Trinajstić information content (AvgIpc) is 2.64. The van der Waals surface area contributed by atoms with Gasteiger partial charge in [-0.25, -0.2) is 9.59 Å². The number of carbonyl (C=O) groups is 2. The second-order valence-electron chi connectivity index (χ2n) is 5.24. The van der Waals surface area contributed by atoms with Crippen LogP contribution in [0.3, 0.4) is 0 Å². The van der Waals surface area contributed by atoms with Crippen LogP contribution in [0.4, 0.5) is 4.48 Å². The molecule has 1 aliphatic rings. The largest absolute Gasteiger partial charge is 0.461 e. The van der Waals surface area contributed by atoms with E-state index in [9.17, 15) is 9.59 Å². The normalized spacial score (nSPS) is 19.9. The van der Waals surface area contributed by atoms with Crippen molar-refractivity contribution >= 4 is 17.4 Å². The number of ether oxygens (including phenoxy) is 1. The Labute approximate surface area is 138 Å². The van der Waals surface area contributed by atoms with Gasteiger partial charge in [-0.3, -0.25) is 0 Å². The minimum atomic E-state index is -1.85. The molecule has 5 nitrogen and oxygen atoms in total. The van der Waals surface area contributed by atoms with Gasteiger partial charge in [0.2, 0.25) is 0 Å². The molecule has 0 spiro atoms. The van der Waals surface area contributed by atoms with E-state index in [4.69, 9.17) is 4.74 Å². The highest BCUT2D eigenvalue weighted by molar-refractivity contribution is 6.09. The van der Waals surface area contributed by atoms with Crippen molar-refractivity contribution in [1.82, 2.24) is 5.43 Å². The standard InChI is InChI=1S/C18H16FN2O3/c1-20-21(19)16(18(23)24-2)15(12-8-4-3-5-9-12)13-10-6-7-11-14(13)17(21)22/h3-11,20H,1-2H3/q+1. The zero-order chi connectivity index (χ0) is 17.3. The van der Waals surface area contributed by atoms with E-state index in [-0.39, 0.29) is 5.56 Å². The summed E-state index contributed by atoms with van der Waals surface area (Å²) in [7, 11) is 2.43. The van der Waals surface area contributed by atoms with Gasteiger partial charge in [0.1, 0.15) is 0 Å². The SMILES string of the molecule is CN[N+]1(F)C(=O)c2ccccc2C(c2ccccc2)=C1C(=O)OC. The molecule has 1 unspecified atom stereocenters. The van der Waals surface area contributed by atoms with E-state index in [2.05, 4.69) is 5.43 Å². The van der Waals surface area contributed by atoms with Gasteiger partial charge in [-0.2, -0.15) is 0 Å². The molecular weight excluding hydrogens is 311 g/mol. The van der Waals surface area contributed by atoms with Crippen molar-refractivity contribution in [2.75, 3.05) is 14.2 Å². The van der Waals surface area contributed by atoms with Crippen LogP contribution in [0.15, 0.2) is 60.3 Å². The van der Waals surface area contributed by atoms with Crippen LogP contribution in [-0.4, -0.2) is 30.8 Å². The minimum absolute atomic E-state index is 0.195. The molecule has 0 radical (unpaired) electrons. The Hall–Kier alpha value is -2.83. The lowest BCUT2D eigenvalue weighted by Gasteiger charge is -2.29. The molecule has 6 heteroatoms. The first-order chi connectivity index (χ1) is 11.5. The molecular formula is C18H16FN2O3+. The molecule has 1 heterocycles. The number of hydrogen-bond acceptors (Lipinski definition) is 4. The molecule has 1 N–H and O–H groups in total. The smallest absolute Gasteiger partial charge is 0.409 e. The number of benzene rings is 2. The molecule has 1 atom stereocenters. The Balaban J connectivity index is 2.45. The predicted molar refractivity (Wildman–Crippen MR) is 85.7 cm³/mol. The van der Waals surface area contributed by atoms with Gasteiger partial charge in [0, 0.05) is 17.1 Å². The first kappa shape index (κ1) is 16.0. The third-order valence-corrected chi connectivity index (χ3v) is 4.00. The lowest BCUT2D eigenvalue weighted by molar-refractivity contribution is -0.987. The van der Waals surface area contributed by atoms with Crippen LogP contribution in [0.1, 0.15) is 21.5 Å². The van der Waals surface area contributed by atoms with Crippen molar-refractivity contribution < 1.29 is 23.6 Å². The maximum Gasteiger partial charge on any atom is 0.409 e. The molecule has 24 heavy (non-hydrogen) atoms. The van der Waals surface area contributed by atoms with Crippen LogP contribution in [0.2, 0.25) is 0 Å². The highest BCUT2D eigenvalue weighted by atomic mass is 19.2. The molecule has 0 fully saturated rings. The lowest BCUT2D eigenvalue weighted by atomic mass is 9.88. The summed E-state index contributed by atoms with van der Waals surface area (Å²) >= 11 is 0. The van der Waals surface area contributed by atoms with Crippen molar-refractivity contribution in [3.8, 4) is 0 Å². The van der Waals surface area contributed by atoms with Gasteiger partial charge in [0.25, 0.3) is 5.70 Å². The minimum Gasteiger partial charge on any atom is -0.461 e. The fourth-order valence-electron chi connectivity index (χ4n) is 2.87. The van der Waals surface area contributed by atoms with E-state index < -0.39 is 22.4 Å². The molecule has 2 aromatic rings. The van der Waals surface area contributed by atoms with E-state index in [0.717, 1.165) is 7.11 Å². The van der Waals surface area contributed by atoms with Crippen LogP contribution < -0.4 is 5.43 Å². The maximum atomic E-state index is 15.5. The highest BCUT2D eigenvalue weighted by Crippen LogP contribution is 2.40. The quantitative estimate of drug-likeness (QED) is 0.695. The zero-order valence-electron chi connectivity index (χ0n) is 13.2. The average molecular weight is 327 g/mol. The number of nitrogens with one attached hydrogen (secondary N) is 1. The summed E-state index contributed by atoms with van der Waals surface area (Å²) in [6.45, 7) is 0. The molecule has 1 amide bonds. The van der Waals surface area contributed by atoms with Gasteiger partial charge >= 0.3 is 11.9 Å². The van der Waals surface area contributed by atoms with Crippen molar-refractivity contribution in [3.63, 3.8) is 0 Å². The van der Waals surface area contributed by atoms with E-state index in [1.807, 2.05) is 6.07 Å². The summed E-state index contributed by atoms with van der Waals surface area (Å²) in [5.41, 5.74) is 3.54. The molecule has 0 saturated heterocycles. The summed E-state index contributed by atoms with van der Waals surface area (Å²) in [6.07, 6.45) is 0. The number of amides is 1. The molecule has 0 aromatic heterocycles. The van der Waals surface area contributed by atoms with E-state index >= 15 is 4.48 Å². The number of rotatable bonds is 3. The monoisotopic (exact) mass is 327 g/mol. The molecule has 1 aliphatic heterocycles. The number of carbonyl (C=O) groups excluding carboxylic acids is 2. The van der Waals surface area contributed by atoms with E-state index in [1.165, 1.54) is 7.05 Å². The van der Waals surface area contributed by atoms with Gasteiger partial charge in [0.15, 0.2) is 0 Å². The Morgan fingerprint density at radius 2 is 1.62 bits per heavy atom. The maximum absolute atomic E-state index is 15.5. The predicted octanol–water partition coefficient (Wildman–Crippen LogP) is 2.61. The fraction of sp³-hybridized carbons (Fsp3) is 0.111. The second kappa shape index (κ2) is 5.99. The van der Waals surface area contributed by atoms with Crippen molar-refractivity contribution in [3.05, 3.63) is 77.0 Å². The second-order valence-corrected chi connectivity index (χ2v) is 5.24.